The molecule has 2 N–H and O–H groups in total. The molecule has 0 aliphatic heterocycles. The van der Waals surface area contributed by atoms with Crippen LogP contribution < -0.4 is 5.73 Å². The van der Waals surface area contributed by atoms with Crippen LogP contribution in [0.2, 0.25) is 0 Å². The van der Waals surface area contributed by atoms with Gasteiger partial charge in [-0.3, -0.25) is 9.38 Å². The van der Waals surface area contributed by atoms with Crippen molar-refractivity contribution in [2.75, 3.05) is 0 Å². The Morgan fingerprint density at radius 2 is 2.00 bits per heavy atom. The highest BCUT2D eigenvalue weighted by Gasteiger charge is 2.18. The molecule has 6 nitrogen and oxygen atoms in total. The van der Waals surface area contributed by atoms with Gasteiger partial charge in [0.1, 0.15) is 23.4 Å². The summed E-state index contributed by atoms with van der Waals surface area (Å²) in [6, 6.07) is 11.8. The molecule has 0 fully saturated rings. The van der Waals surface area contributed by atoms with E-state index in [1.165, 1.54) is 6.33 Å². The van der Waals surface area contributed by atoms with Crippen molar-refractivity contribution in [1.29, 1.82) is 0 Å². The fourth-order valence-corrected chi connectivity index (χ4v) is 2.74. The van der Waals surface area contributed by atoms with Gasteiger partial charge in [-0.2, -0.15) is 0 Å². The van der Waals surface area contributed by atoms with Crippen molar-refractivity contribution in [2.24, 2.45) is 5.73 Å². The Balaban J connectivity index is 2.04. The fourth-order valence-electron chi connectivity index (χ4n) is 2.74. The van der Waals surface area contributed by atoms with Crippen molar-refractivity contribution in [1.82, 2.24) is 24.3 Å². The highest BCUT2D eigenvalue weighted by molar-refractivity contribution is 5.78. The maximum absolute atomic E-state index is 5.76. The third-order valence-corrected chi connectivity index (χ3v) is 3.88. The van der Waals surface area contributed by atoms with Crippen LogP contribution >= 0.6 is 0 Å². The lowest BCUT2D eigenvalue weighted by molar-refractivity contribution is 1.05. The molecule has 0 bridgehead atoms. The predicted molar refractivity (Wildman–Crippen MR) is 92.1 cm³/mol. The first-order valence-electron chi connectivity index (χ1n) is 7.68. The lowest BCUT2D eigenvalue weighted by Crippen LogP contribution is -1.98. The number of imidazole rings is 1. The van der Waals surface area contributed by atoms with Gasteiger partial charge in [0.05, 0.1) is 11.4 Å². The van der Waals surface area contributed by atoms with Crippen LogP contribution in [-0.4, -0.2) is 24.3 Å². The summed E-state index contributed by atoms with van der Waals surface area (Å²) in [6.07, 6.45) is 5.24. The van der Waals surface area contributed by atoms with E-state index in [1.807, 2.05) is 53.9 Å². The summed E-state index contributed by atoms with van der Waals surface area (Å²) in [7, 11) is 0. The average Bonchev–Trinajstić information content (AvgIpc) is 3.01. The molecule has 24 heavy (non-hydrogen) atoms. The summed E-state index contributed by atoms with van der Waals surface area (Å²) in [6.45, 7) is 2.44. The zero-order chi connectivity index (χ0) is 16.5. The SMILES string of the molecule is Cc1cccc(-c2nc3cc(CN)ccn3c2-c2ccncn2)n1. The Hall–Kier alpha value is -3.12. The first-order chi connectivity index (χ1) is 11.8. The number of aryl methyl sites for hydroxylation is 1. The van der Waals surface area contributed by atoms with Gasteiger partial charge in [0.15, 0.2) is 0 Å². The topological polar surface area (TPSA) is 82.0 Å². The predicted octanol–water partition coefficient (Wildman–Crippen LogP) is 2.62. The number of fused-ring (bicyclic) bond motifs is 1. The maximum Gasteiger partial charge on any atom is 0.138 e. The number of nitrogens with two attached hydrogens (primary N) is 1. The molecule has 118 valence electrons. The van der Waals surface area contributed by atoms with E-state index in [9.17, 15) is 0 Å². The lowest BCUT2D eigenvalue weighted by atomic mass is 10.1. The molecule has 6 heteroatoms. The molecule has 4 aromatic heterocycles. The molecule has 0 aliphatic carbocycles. The standard InChI is InChI=1S/C18H16N6/c1-12-3-2-4-14(22-12)17-18(15-5-7-20-11-21-15)24-8-6-13(10-19)9-16(24)23-17/h2-9,11H,10,19H2,1H3. The lowest BCUT2D eigenvalue weighted by Gasteiger charge is -2.05. The molecule has 0 saturated carbocycles. The van der Waals surface area contributed by atoms with E-state index in [-0.39, 0.29) is 0 Å². The smallest absolute Gasteiger partial charge is 0.138 e. The molecule has 0 aliphatic rings. The highest BCUT2D eigenvalue weighted by atomic mass is 15.0. The van der Waals surface area contributed by atoms with Gasteiger partial charge < -0.3 is 5.73 Å². The van der Waals surface area contributed by atoms with Gasteiger partial charge in [-0.05, 0) is 42.8 Å². The van der Waals surface area contributed by atoms with Crippen molar-refractivity contribution in [2.45, 2.75) is 13.5 Å². The Morgan fingerprint density at radius 1 is 1.08 bits per heavy atom. The first kappa shape index (κ1) is 14.5. The zero-order valence-corrected chi connectivity index (χ0v) is 13.2. The summed E-state index contributed by atoms with van der Waals surface area (Å²) in [5.74, 6) is 0. The number of pyridine rings is 2. The van der Waals surface area contributed by atoms with E-state index in [2.05, 4.69) is 15.0 Å². The van der Waals surface area contributed by atoms with Crippen molar-refractivity contribution in [3.8, 4) is 22.8 Å². The van der Waals surface area contributed by atoms with Gasteiger partial charge >= 0.3 is 0 Å². The second-order valence-electron chi connectivity index (χ2n) is 5.54. The summed E-state index contributed by atoms with van der Waals surface area (Å²) >= 11 is 0. The molecule has 0 unspecified atom stereocenters. The minimum atomic E-state index is 0.476. The van der Waals surface area contributed by atoms with Gasteiger partial charge in [0.25, 0.3) is 0 Å². The van der Waals surface area contributed by atoms with Crippen molar-refractivity contribution in [3.05, 3.63) is 66.4 Å². The van der Waals surface area contributed by atoms with Crippen LogP contribution in [0, 0.1) is 6.92 Å². The highest BCUT2D eigenvalue weighted by Crippen LogP contribution is 2.30. The third-order valence-electron chi connectivity index (χ3n) is 3.88. The Kier molecular flexibility index (Phi) is 3.51. The molecule has 0 atom stereocenters. The quantitative estimate of drug-likeness (QED) is 0.628. The summed E-state index contributed by atoms with van der Waals surface area (Å²) in [5, 5.41) is 0. The van der Waals surface area contributed by atoms with Crippen LogP contribution in [0.4, 0.5) is 0 Å². The molecule has 4 heterocycles. The summed E-state index contributed by atoms with van der Waals surface area (Å²) < 4.78 is 2.01. The molecule has 0 amide bonds. The van der Waals surface area contributed by atoms with E-state index in [4.69, 9.17) is 10.7 Å². The number of aromatic nitrogens is 5. The van der Waals surface area contributed by atoms with Crippen LogP contribution in [-0.2, 0) is 6.54 Å². The van der Waals surface area contributed by atoms with E-state index in [0.717, 1.165) is 39.7 Å². The number of nitrogens with zero attached hydrogens (tertiary/aromatic N) is 5. The van der Waals surface area contributed by atoms with Gasteiger partial charge in [-0.25, -0.2) is 15.0 Å². The third kappa shape index (κ3) is 2.43. The monoisotopic (exact) mass is 316 g/mol. The first-order valence-corrected chi connectivity index (χ1v) is 7.68. The van der Waals surface area contributed by atoms with Crippen molar-refractivity contribution in [3.63, 3.8) is 0 Å². The Labute approximate surface area is 139 Å². The van der Waals surface area contributed by atoms with Crippen molar-refractivity contribution >= 4 is 5.65 Å². The Morgan fingerprint density at radius 3 is 2.75 bits per heavy atom. The second-order valence-corrected chi connectivity index (χ2v) is 5.54. The largest absolute Gasteiger partial charge is 0.326 e. The molecule has 4 rings (SSSR count). The molecule has 0 radical (unpaired) electrons. The van der Waals surface area contributed by atoms with E-state index < -0.39 is 0 Å². The summed E-state index contributed by atoms with van der Waals surface area (Å²) in [4.78, 5) is 17.8. The maximum atomic E-state index is 5.76. The van der Waals surface area contributed by atoms with E-state index in [0.29, 0.717) is 6.54 Å². The molecule has 0 saturated heterocycles. The van der Waals surface area contributed by atoms with Crippen LogP contribution in [0.5, 0.6) is 0 Å². The van der Waals surface area contributed by atoms with Crippen LogP contribution in [0.25, 0.3) is 28.4 Å². The van der Waals surface area contributed by atoms with Gasteiger partial charge in [0.2, 0.25) is 0 Å². The molecular weight excluding hydrogens is 300 g/mol. The van der Waals surface area contributed by atoms with E-state index >= 15 is 0 Å². The zero-order valence-electron chi connectivity index (χ0n) is 13.2. The van der Waals surface area contributed by atoms with Gasteiger partial charge in [-0.15, -0.1) is 0 Å². The minimum Gasteiger partial charge on any atom is -0.326 e. The average molecular weight is 316 g/mol. The van der Waals surface area contributed by atoms with E-state index in [1.54, 1.807) is 6.20 Å². The van der Waals surface area contributed by atoms with Gasteiger partial charge in [-0.1, -0.05) is 6.07 Å². The normalized spacial score (nSPS) is 11.1. The molecule has 4 aromatic rings. The van der Waals surface area contributed by atoms with Crippen LogP contribution in [0.1, 0.15) is 11.3 Å². The summed E-state index contributed by atoms with van der Waals surface area (Å²) in [5.41, 5.74) is 11.9. The van der Waals surface area contributed by atoms with Crippen LogP contribution in [0.3, 0.4) is 0 Å². The number of rotatable bonds is 3. The van der Waals surface area contributed by atoms with Crippen LogP contribution in [0.15, 0.2) is 55.1 Å². The minimum absolute atomic E-state index is 0.476. The van der Waals surface area contributed by atoms with Gasteiger partial charge in [0, 0.05) is 24.6 Å². The molecular formula is C18H16N6. The molecule has 0 aromatic carbocycles. The fraction of sp³-hybridized carbons (Fsp3) is 0.111. The molecule has 0 spiro atoms. The van der Waals surface area contributed by atoms with Crippen molar-refractivity contribution < 1.29 is 0 Å². The number of hydrogen-bond donors (Lipinski definition) is 1. The second kappa shape index (κ2) is 5.82. The Bertz CT molecular complexity index is 1010. The number of hydrogen-bond acceptors (Lipinski definition) is 5.